The van der Waals surface area contributed by atoms with Gasteiger partial charge >= 0.3 is 0 Å². The fourth-order valence-electron chi connectivity index (χ4n) is 3.12. The van der Waals surface area contributed by atoms with Gasteiger partial charge in [-0.15, -0.1) is 23.1 Å². The number of benzene rings is 3. The van der Waals surface area contributed by atoms with Gasteiger partial charge in [-0.05, 0) is 42.0 Å². The molecule has 0 aliphatic carbocycles. The first-order valence-electron chi connectivity index (χ1n) is 10.2. The van der Waals surface area contributed by atoms with Crippen LogP contribution < -0.4 is 5.32 Å². The normalized spacial score (nSPS) is 10.8. The lowest BCUT2D eigenvalue weighted by Crippen LogP contribution is -2.23. The Balaban J connectivity index is 1.41. The van der Waals surface area contributed by atoms with E-state index in [0.29, 0.717) is 5.56 Å². The molecule has 2 amide bonds. The Bertz CT molecular complexity index is 1220. The van der Waals surface area contributed by atoms with Crippen molar-refractivity contribution in [1.82, 2.24) is 9.88 Å². The van der Waals surface area contributed by atoms with E-state index < -0.39 is 0 Å². The van der Waals surface area contributed by atoms with Crippen molar-refractivity contribution in [3.8, 4) is 0 Å². The van der Waals surface area contributed by atoms with Gasteiger partial charge < -0.3 is 10.2 Å². The number of rotatable bonds is 7. The van der Waals surface area contributed by atoms with Gasteiger partial charge in [-0.3, -0.25) is 9.59 Å². The SMILES string of the molecule is CN(C)C(=O)CSc1ccccc1C(=O)Nc1ccc(Cc2nc3ccccc3s2)cc1. The molecule has 1 heterocycles. The molecule has 0 radical (unpaired) electrons. The fraction of sp³-hybridized carbons (Fsp3) is 0.160. The smallest absolute Gasteiger partial charge is 0.256 e. The summed E-state index contributed by atoms with van der Waals surface area (Å²) in [7, 11) is 3.45. The van der Waals surface area contributed by atoms with Gasteiger partial charge in [-0.2, -0.15) is 0 Å². The van der Waals surface area contributed by atoms with Crippen LogP contribution in [0.25, 0.3) is 10.2 Å². The first-order chi connectivity index (χ1) is 15.5. The molecule has 7 heteroatoms. The quantitative estimate of drug-likeness (QED) is 0.379. The van der Waals surface area contributed by atoms with Crippen molar-refractivity contribution < 1.29 is 9.59 Å². The van der Waals surface area contributed by atoms with Crippen LogP contribution in [0, 0.1) is 0 Å². The van der Waals surface area contributed by atoms with Crippen LogP contribution in [0.15, 0.2) is 77.7 Å². The standard InChI is InChI=1S/C25H23N3O2S2/c1-28(2)24(29)16-31-21-9-5-3-7-19(21)25(30)26-18-13-11-17(12-14-18)15-23-27-20-8-4-6-10-22(20)32-23/h3-14H,15-16H2,1-2H3,(H,26,30). The third kappa shape index (κ3) is 5.36. The molecule has 5 nitrogen and oxygen atoms in total. The molecule has 0 aliphatic rings. The first kappa shape index (κ1) is 22.0. The second-order valence-electron chi connectivity index (χ2n) is 7.48. The van der Waals surface area contributed by atoms with E-state index in [1.165, 1.54) is 16.5 Å². The van der Waals surface area contributed by atoms with Crippen LogP contribution in [0.5, 0.6) is 0 Å². The monoisotopic (exact) mass is 461 g/mol. The highest BCUT2D eigenvalue weighted by Gasteiger charge is 2.14. The largest absolute Gasteiger partial charge is 0.348 e. The van der Waals surface area contributed by atoms with E-state index in [2.05, 4.69) is 16.4 Å². The third-order valence-corrected chi connectivity index (χ3v) is 6.98. The Hall–Kier alpha value is -3.16. The Kier molecular flexibility index (Phi) is 6.87. The van der Waals surface area contributed by atoms with Crippen LogP contribution in [0.3, 0.4) is 0 Å². The van der Waals surface area contributed by atoms with Crippen molar-refractivity contribution in [1.29, 1.82) is 0 Å². The molecule has 0 saturated heterocycles. The molecule has 4 rings (SSSR count). The minimum absolute atomic E-state index is 0.00827. The number of para-hydroxylation sites is 1. The molecule has 32 heavy (non-hydrogen) atoms. The molecule has 1 N–H and O–H groups in total. The number of nitrogens with zero attached hydrogens (tertiary/aromatic N) is 2. The minimum atomic E-state index is -0.190. The summed E-state index contributed by atoms with van der Waals surface area (Å²) in [6.07, 6.45) is 0.757. The number of thioether (sulfide) groups is 1. The van der Waals surface area contributed by atoms with Gasteiger partial charge in [0.2, 0.25) is 5.91 Å². The van der Waals surface area contributed by atoms with Gasteiger partial charge in [0, 0.05) is 31.1 Å². The Morgan fingerprint density at radius 3 is 2.44 bits per heavy atom. The van der Waals surface area contributed by atoms with Gasteiger partial charge in [0.05, 0.1) is 26.5 Å². The van der Waals surface area contributed by atoms with Gasteiger partial charge in [-0.25, -0.2) is 4.98 Å². The first-order valence-corrected chi connectivity index (χ1v) is 12.0. The number of anilines is 1. The number of nitrogens with one attached hydrogen (secondary N) is 1. The van der Waals surface area contributed by atoms with Crippen LogP contribution in [0.2, 0.25) is 0 Å². The molecule has 0 aliphatic heterocycles. The summed E-state index contributed by atoms with van der Waals surface area (Å²) in [6, 6.07) is 23.3. The van der Waals surface area contributed by atoms with Gasteiger partial charge in [0.25, 0.3) is 5.91 Å². The van der Waals surface area contributed by atoms with Crippen LogP contribution in [-0.4, -0.2) is 41.5 Å². The van der Waals surface area contributed by atoms with Crippen molar-refractivity contribution in [3.05, 3.63) is 88.9 Å². The lowest BCUT2D eigenvalue weighted by Gasteiger charge is -2.12. The van der Waals surface area contributed by atoms with E-state index in [4.69, 9.17) is 0 Å². The van der Waals surface area contributed by atoms with Crippen molar-refractivity contribution in [2.45, 2.75) is 11.3 Å². The van der Waals surface area contributed by atoms with E-state index in [1.807, 2.05) is 60.7 Å². The molecule has 0 saturated carbocycles. The number of thiazole rings is 1. The van der Waals surface area contributed by atoms with Crippen molar-refractivity contribution >= 4 is 50.8 Å². The number of carbonyl (C=O) groups is 2. The average molecular weight is 462 g/mol. The summed E-state index contributed by atoms with van der Waals surface area (Å²) < 4.78 is 1.19. The summed E-state index contributed by atoms with van der Waals surface area (Å²) in [5, 5.41) is 4.03. The lowest BCUT2D eigenvalue weighted by atomic mass is 10.1. The number of hydrogen-bond donors (Lipinski definition) is 1. The molecule has 0 bridgehead atoms. The maximum atomic E-state index is 12.9. The van der Waals surface area contributed by atoms with Crippen LogP contribution in [-0.2, 0) is 11.2 Å². The summed E-state index contributed by atoms with van der Waals surface area (Å²) >= 11 is 3.07. The number of hydrogen-bond acceptors (Lipinski definition) is 5. The summed E-state index contributed by atoms with van der Waals surface area (Å²) in [6.45, 7) is 0. The van der Waals surface area contributed by atoms with Gasteiger partial charge in [0.1, 0.15) is 0 Å². The van der Waals surface area contributed by atoms with Crippen LogP contribution >= 0.6 is 23.1 Å². The second-order valence-corrected chi connectivity index (χ2v) is 9.61. The molecule has 0 unspecified atom stereocenters. The van der Waals surface area contributed by atoms with Gasteiger partial charge in [-0.1, -0.05) is 36.4 Å². The predicted octanol–water partition coefficient (Wildman–Crippen LogP) is 5.32. The Morgan fingerprint density at radius 2 is 1.69 bits per heavy atom. The maximum Gasteiger partial charge on any atom is 0.256 e. The predicted molar refractivity (Wildman–Crippen MR) is 133 cm³/mol. The molecular weight excluding hydrogens is 438 g/mol. The lowest BCUT2D eigenvalue weighted by molar-refractivity contribution is -0.125. The molecule has 3 aromatic carbocycles. The Labute approximate surface area is 195 Å². The van der Waals surface area contributed by atoms with E-state index in [9.17, 15) is 9.59 Å². The molecule has 0 spiro atoms. The van der Waals surface area contributed by atoms with E-state index >= 15 is 0 Å². The second kappa shape index (κ2) is 9.97. The summed E-state index contributed by atoms with van der Waals surface area (Å²) in [5.41, 5.74) is 3.45. The zero-order valence-corrected chi connectivity index (χ0v) is 19.5. The van der Waals surface area contributed by atoms with Crippen LogP contribution in [0.4, 0.5) is 5.69 Å². The number of amides is 2. The van der Waals surface area contributed by atoms with Crippen LogP contribution in [0.1, 0.15) is 20.9 Å². The number of fused-ring (bicyclic) bond motifs is 1. The number of aromatic nitrogens is 1. The highest BCUT2D eigenvalue weighted by atomic mass is 32.2. The molecule has 0 atom stereocenters. The van der Waals surface area contributed by atoms with Crippen molar-refractivity contribution in [3.63, 3.8) is 0 Å². The highest BCUT2D eigenvalue weighted by Crippen LogP contribution is 2.26. The Morgan fingerprint density at radius 1 is 0.969 bits per heavy atom. The number of carbonyl (C=O) groups excluding carboxylic acids is 2. The van der Waals surface area contributed by atoms with Crippen molar-refractivity contribution in [2.24, 2.45) is 0 Å². The third-order valence-electron chi connectivity index (χ3n) is 4.89. The molecular formula is C25H23N3O2S2. The zero-order valence-electron chi connectivity index (χ0n) is 17.9. The average Bonchev–Trinajstić information content (AvgIpc) is 3.21. The fourth-order valence-corrected chi connectivity index (χ4v) is 5.15. The van der Waals surface area contributed by atoms with E-state index in [1.54, 1.807) is 36.4 Å². The molecule has 162 valence electrons. The summed E-state index contributed by atoms with van der Waals surface area (Å²) in [4.78, 5) is 31.8. The molecule has 1 aromatic heterocycles. The maximum absolute atomic E-state index is 12.9. The highest BCUT2D eigenvalue weighted by molar-refractivity contribution is 8.00. The zero-order chi connectivity index (χ0) is 22.5. The molecule has 4 aromatic rings. The minimum Gasteiger partial charge on any atom is -0.348 e. The topological polar surface area (TPSA) is 62.3 Å². The van der Waals surface area contributed by atoms with Crippen molar-refractivity contribution in [2.75, 3.05) is 25.2 Å². The summed E-state index contributed by atoms with van der Waals surface area (Å²) in [5.74, 6) is 0.107. The van der Waals surface area contributed by atoms with E-state index in [0.717, 1.165) is 33.1 Å². The van der Waals surface area contributed by atoms with Gasteiger partial charge in [0.15, 0.2) is 0 Å². The van der Waals surface area contributed by atoms with E-state index in [-0.39, 0.29) is 17.6 Å². The molecule has 0 fully saturated rings.